The SMILES string of the molecule is O=C1C[C@H](c2cc(Br)cc(Br)c2)c2c(c3ccccc3oc2=O)O1. The van der Waals surface area contributed by atoms with Crippen LogP contribution in [-0.2, 0) is 4.79 Å². The number of hydrogen-bond donors (Lipinski definition) is 0. The van der Waals surface area contributed by atoms with Crippen molar-refractivity contribution in [3.05, 3.63) is 73.0 Å². The van der Waals surface area contributed by atoms with E-state index in [1.165, 1.54) is 0 Å². The zero-order valence-corrected chi connectivity index (χ0v) is 15.4. The van der Waals surface area contributed by atoms with Crippen LogP contribution in [0.5, 0.6) is 5.75 Å². The Bertz CT molecular complexity index is 1020. The fourth-order valence-electron chi connectivity index (χ4n) is 3.03. The van der Waals surface area contributed by atoms with Crippen molar-refractivity contribution in [2.45, 2.75) is 12.3 Å². The van der Waals surface area contributed by atoms with Gasteiger partial charge in [-0.2, -0.15) is 0 Å². The number of esters is 1. The van der Waals surface area contributed by atoms with Crippen molar-refractivity contribution in [3.63, 3.8) is 0 Å². The van der Waals surface area contributed by atoms with Crippen molar-refractivity contribution in [3.8, 4) is 5.75 Å². The van der Waals surface area contributed by atoms with Crippen LogP contribution in [-0.4, -0.2) is 5.97 Å². The van der Waals surface area contributed by atoms with E-state index in [0.717, 1.165) is 14.5 Å². The third-order valence-corrected chi connectivity index (χ3v) is 4.94. The Morgan fingerprint density at radius 1 is 1.00 bits per heavy atom. The number of para-hydroxylation sites is 1. The summed E-state index contributed by atoms with van der Waals surface area (Å²) in [5, 5.41) is 0.624. The molecule has 0 bridgehead atoms. The lowest BCUT2D eigenvalue weighted by molar-refractivity contribution is -0.135. The van der Waals surface area contributed by atoms with Crippen LogP contribution in [0.15, 0.2) is 60.6 Å². The minimum absolute atomic E-state index is 0.0962. The number of halogens is 2. The molecule has 1 atom stereocenters. The van der Waals surface area contributed by atoms with Gasteiger partial charge in [-0.25, -0.2) is 4.79 Å². The first-order chi connectivity index (χ1) is 11.5. The normalized spacial score (nSPS) is 16.8. The predicted octanol–water partition coefficient (Wildman–Crippen LogP) is 4.76. The highest BCUT2D eigenvalue weighted by molar-refractivity contribution is 9.11. The van der Waals surface area contributed by atoms with Gasteiger partial charge in [0.2, 0.25) is 0 Å². The molecule has 0 saturated carbocycles. The molecule has 2 aromatic carbocycles. The summed E-state index contributed by atoms with van der Waals surface area (Å²) in [5.74, 6) is -0.463. The molecule has 24 heavy (non-hydrogen) atoms. The maximum absolute atomic E-state index is 12.6. The van der Waals surface area contributed by atoms with Crippen LogP contribution in [0, 0.1) is 0 Å². The third-order valence-electron chi connectivity index (χ3n) is 4.02. The summed E-state index contributed by atoms with van der Waals surface area (Å²) >= 11 is 6.89. The molecule has 0 amide bonds. The number of carbonyl (C=O) groups is 1. The van der Waals surface area contributed by atoms with Gasteiger partial charge in [0.05, 0.1) is 17.4 Å². The molecule has 0 radical (unpaired) electrons. The number of rotatable bonds is 1. The molecule has 0 N–H and O–H groups in total. The highest BCUT2D eigenvalue weighted by Crippen LogP contribution is 2.41. The van der Waals surface area contributed by atoms with Gasteiger partial charge in [0, 0.05) is 14.9 Å². The molecule has 120 valence electrons. The van der Waals surface area contributed by atoms with Crippen LogP contribution >= 0.6 is 31.9 Å². The standard InChI is InChI=1S/C18H10Br2O4/c19-10-5-9(6-11(20)7-10)13-8-15(21)24-17-12-3-1-2-4-14(12)23-18(22)16(13)17/h1-7,13H,8H2/t13-/m1/s1. The van der Waals surface area contributed by atoms with Gasteiger partial charge < -0.3 is 9.15 Å². The Balaban J connectivity index is 2.02. The zero-order valence-electron chi connectivity index (χ0n) is 12.2. The van der Waals surface area contributed by atoms with Crippen LogP contribution in [0.4, 0.5) is 0 Å². The third kappa shape index (κ3) is 2.59. The first-order valence-corrected chi connectivity index (χ1v) is 8.84. The Hall–Kier alpha value is -1.92. The summed E-state index contributed by atoms with van der Waals surface area (Å²) in [6, 6.07) is 12.7. The second-order valence-corrected chi connectivity index (χ2v) is 7.39. The van der Waals surface area contributed by atoms with Crippen LogP contribution < -0.4 is 10.4 Å². The highest BCUT2D eigenvalue weighted by atomic mass is 79.9. The topological polar surface area (TPSA) is 56.5 Å². The molecule has 0 aliphatic carbocycles. The van der Waals surface area contributed by atoms with Crippen LogP contribution in [0.1, 0.15) is 23.5 Å². The molecule has 3 aromatic rings. The molecule has 6 heteroatoms. The Morgan fingerprint density at radius 2 is 1.71 bits per heavy atom. The van der Waals surface area contributed by atoms with Gasteiger partial charge in [-0.05, 0) is 35.9 Å². The molecule has 4 nitrogen and oxygen atoms in total. The average molecular weight is 450 g/mol. The molecule has 1 aromatic heterocycles. The number of hydrogen-bond acceptors (Lipinski definition) is 4. The van der Waals surface area contributed by atoms with Crippen molar-refractivity contribution in [2.24, 2.45) is 0 Å². The van der Waals surface area contributed by atoms with Crippen molar-refractivity contribution in [2.75, 3.05) is 0 Å². The number of benzene rings is 2. The maximum atomic E-state index is 12.6. The minimum Gasteiger partial charge on any atom is -0.425 e. The lowest BCUT2D eigenvalue weighted by atomic mass is 9.87. The molecule has 1 aliphatic rings. The summed E-state index contributed by atoms with van der Waals surface area (Å²) in [4.78, 5) is 24.7. The molecule has 0 spiro atoms. The van der Waals surface area contributed by atoms with Crippen molar-refractivity contribution < 1.29 is 13.9 Å². The monoisotopic (exact) mass is 448 g/mol. The lowest BCUT2D eigenvalue weighted by Crippen LogP contribution is -2.26. The molecule has 4 rings (SSSR count). The minimum atomic E-state index is -0.475. The smallest absolute Gasteiger partial charge is 0.343 e. The molecule has 1 aliphatic heterocycles. The van der Waals surface area contributed by atoms with Crippen LogP contribution in [0.25, 0.3) is 11.0 Å². The average Bonchev–Trinajstić information content (AvgIpc) is 2.53. The fraction of sp³-hybridized carbons (Fsp3) is 0.111. The number of ether oxygens (including phenoxy) is 1. The Kier molecular flexibility index (Phi) is 3.81. The summed E-state index contributed by atoms with van der Waals surface area (Å²) in [6.45, 7) is 0. The van der Waals surface area contributed by atoms with Crippen LogP contribution in [0.2, 0.25) is 0 Å². The zero-order chi connectivity index (χ0) is 16.8. The fourth-order valence-corrected chi connectivity index (χ4v) is 4.36. The lowest BCUT2D eigenvalue weighted by Gasteiger charge is -2.24. The maximum Gasteiger partial charge on any atom is 0.343 e. The van der Waals surface area contributed by atoms with Crippen molar-refractivity contribution >= 4 is 48.8 Å². The van der Waals surface area contributed by atoms with E-state index in [4.69, 9.17) is 9.15 Å². The van der Waals surface area contributed by atoms with E-state index in [1.807, 2.05) is 24.3 Å². The van der Waals surface area contributed by atoms with Gasteiger partial charge in [0.1, 0.15) is 5.58 Å². The molecule has 0 unspecified atom stereocenters. The summed E-state index contributed by atoms with van der Waals surface area (Å²) < 4.78 is 12.6. The van der Waals surface area contributed by atoms with Gasteiger partial charge in [0.15, 0.2) is 5.75 Å². The van der Waals surface area contributed by atoms with Crippen LogP contribution in [0.3, 0.4) is 0 Å². The van der Waals surface area contributed by atoms with E-state index in [9.17, 15) is 9.59 Å². The summed E-state index contributed by atoms with van der Waals surface area (Å²) in [5.41, 5.74) is 1.16. The molecule has 2 heterocycles. The van der Waals surface area contributed by atoms with E-state index < -0.39 is 11.5 Å². The quantitative estimate of drug-likeness (QED) is 0.397. The first kappa shape index (κ1) is 15.6. The van der Waals surface area contributed by atoms with Crippen molar-refractivity contribution in [1.82, 2.24) is 0 Å². The predicted molar refractivity (Wildman–Crippen MR) is 96.4 cm³/mol. The van der Waals surface area contributed by atoms with E-state index in [-0.39, 0.29) is 12.4 Å². The van der Waals surface area contributed by atoms with Gasteiger partial charge in [-0.1, -0.05) is 44.0 Å². The van der Waals surface area contributed by atoms with Gasteiger partial charge in [-0.3, -0.25) is 4.79 Å². The number of carbonyl (C=O) groups excluding carboxylic acids is 1. The van der Waals surface area contributed by atoms with E-state index in [0.29, 0.717) is 22.3 Å². The van der Waals surface area contributed by atoms with Gasteiger partial charge in [-0.15, -0.1) is 0 Å². The molecular formula is C18H10Br2O4. The Morgan fingerprint density at radius 3 is 2.46 bits per heavy atom. The van der Waals surface area contributed by atoms with Gasteiger partial charge >= 0.3 is 11.6 Å². The molecule has 0 fully saturated rings. The second-order valence-electron chi connectivity index (χ2n) is 5.56. The second kappa shape index (κ2) is 5.86. The first-order valence-electron chi connectivity index (χ1n) is 7.25. The van der Waals surface area contributed by atoms with E-state index in [1.54, 1.807) is 18.2 Å². The number of fused-ring (bicyclic) bond motifs is 3. The van der Waals surface area contributed by atoms with E-state index in [2.05, 4.69) is 31.9 Å². The van der Waals surface area contributed by atoms with Gasteiger partial charge in [0.25, 0.3) is 0 Å². The molecule has 0 saturated heterocycles. The largest absolute Gasteiger partial charge is 0.425 e. The summed E-state index contributed by atoms with van der Waals surface area (Å²) in [6.07, 6.45) is 0.0962. The van der Waals surface area contributed by atoms with E-state index >= 15 is 0 Å². The summed E-state index contributed by atoms with van der Waals surface area (Å²) in [7, 11) is 0. The highest BCUT2D eigenvalue weighted by Gasteiger charge is 2.34. The molecular weight excluding hydrogens is 440 g/mol. The Labute approximate surface area is 153 Å². The van der Waals surface area contributed by atoms with Crippen molar-refractivity contribution in [1.29, 1.82) is 0 Å².